The summed E-state index contributed by atoms with van der Waals surface area (Å²) in [5.74, 6) is -2.08. The number of carbonyl (C=O) groups is 1. The van der Waals surface area contributed by atoms with Gasteiger partial charge in [0.25, 0.3) is 0 Å². The second-order valence-electron chi connectivity index (χ2n) is 4.33. The van der Waals surface area contributed by atoms with Crippen LogP contribution < -0.4 is 5.32 Å². The third-order valence-corrected chi connectivity index (χ3v) is 3.20. The molecule has 0 fully saturated rings. The maximum atomic E-state index is 13.4. The molecule has 1 amide bonds. The van der Waals surface area contributed by atoms with Crippen LogP contribution in [0.4, 0.5) is 8.78 Å². The van der Waals surface area contributed by atoms with Crippen LogP contribution in [0.25, 0.3) is 0 Å². The molecule has 0 aromatic heterocycles. The molecule has 0 radical (unpaired) electrons. The average Bonchev–Trinajstić information content (AvgIpc) is 2.41. The third kappa shape index (κ3) is 3.50. The summed E-state index contributed by atoms with van der Waals surface area (Å²) in [4.78, 5) is 11.8. The van der Waals surface area contributed by atoms with E-state index in [1.165, 1.54) is 6.07 Å². The fourth-order valence-corrected chi connectivity index (χ4v) is 1.79. The minimum atomic E-state index is -0.973. The van der Waals surface area contributed by atoms with Crippen LogP contribution in [0.1, 0.15) is 32.3 Å². The molecule has 0 aliphatic carbocycles. The molecule has 0 saturated carbocycles. The van der Waals surface area contributed by atoms with Crippen molar-refractivity contribution in [3.05, 3.63) is 35.4 Å². The lowest BCUT2D eigenvalue weighted by molar-refractivity contribution is -0.122. The van der Waals surface area contributed by atoms with Crippen LogP contribution in [0.3, 0.4) is 0 Å². The van der Waals surface area contributed by atoms with Crippen molar-refractivity contribution >= 4 is 5.91 Å². The Morgan fingerprint density at radius 1 is 1.32 bits per heavy atom. The summed E-state index contributed by atoms with van der Waals surface area (Å²) in [6, 6.07) is 5.48. The number of nitrogens with one attached hydrogen (secondary N) is 1. The van der Waals surface area contributed by atoms with Gasteiger partial charge in [-0.1, -0.05) is 19.9 Å². The van der Waals surface area contributed by atoms with E-state index in [1.54, 1.807) is 13.8 Å². The average molecular weight is 266 g/mol. The zero-order valence-corrected chi connectivity index (χ0v) is 11.0. The molecular formula is C14H16F2N2O. The maximum Gasteiger partial charge on any atom is 0.225 e. The van der Waals surface area contributed by atoms with Gasteiger partial charge in [0.1, 0.15) is 17.2 Å². The molecule has 0 atom stereocenters. The molecule has 19 heavy (non-hydrogen) atoms. The first-order valence-corrected chi connectivity index (χ1v) is 6.13. The molecule has 3 nitrogen and oxygen atoms in total. The number of hydrogen-bond donors (Lipinski definition) is 1. The number of carbonyl (C=O) groups excluding carboxylic acids is 1. The van der Waals surface area contributed by atoms with E-state index in [0.717, 1.165) is 12.1 Å². The first-order chi connectivity index (χ1) is 8.98. The lowest BCUT2D eigenvalue weighted by Gasteiger charge is -2.25. The number of rotatable bonds is 5. The Hall–Kier alpha value is -1.96. The van der Waals surface area contributed by atoms with Crippen LogP contribution in [-0.4, -0.2) is 11.4 Å². The van der Waals surface area contributed by atoms with Crippen LogP contribution in [0.2, 0.25) is 0 Å². The van der Waals surface area contributed by atoms with Gasteiger partial charge in [0.05, 0.1) is 12.5 Å². The summed E-state index contributed by atoms with van der Waals surface area (Å²) in [6.45, 7) is 3.55. The zero-order valence-electron chi connectivity index (χ0n) is 11.0. The highest BCUT2D eigenvalue weighted by atomic mass is 19.1. The van der Waals surface area contributed by atoms with Crippen LogP contribution in [0.5, 0.6) is 0 Å². The molecule has 0 bridgehead atoms. The summed E-state index contributed by atoms with van der Waals surface area (Å²) in [6.07, 6.45) is 0.457. The van der Waals surface area contributed by atoms with Crippen molar-refractivity contribution in [2.75, 3.05) is 0 Å². The quantitative estimate of drug-likeness (QED) is 0.890. The minimum Gasteiger partial charge on any atom is -0.338 e. The van der Waals surface area contributed by atoms with Gasteiger partial charge < -0.3 is 5.32 Å². The van der Waals surface area contributed by atoms with E-state index in [2.05, 4.69) is 5.32 Å². The van der Waals surface area contributed by atoms with Gasteiger partial charge in [-0.15, -0.1) is 0 Å². The van der Waals surface area contributed by atoms with E-state index in [1.807, 2.05) is 6.07 Å². The first-order valence-electron chi connectivity index (χ1n) is 6.13. The molecule has 5 heteroatoms. The standard InChI is InChI=1S/C14H16F2N2O/c1-3-14(4-2,9-17)18-13(19)8-10-11(15)6-5-7-12(10)16/h5-7H,3-4,8H2,1-2H3,(H,18,19). The summed E-state index contributed by atoms with van der Waals surface area (Å²) in [5.41, 5.74) is -1.25. The van der Waals surface area contributed by atoms with Gasteiger partial charge in [-0.05, 0) is 25.0 Å². The lowest BCUT2D eigenvalue weighted by atomic mass is 9.94. The predicted octanol–water partition coefficient (Wildman–Crippen LogP) is 2.71. The Labute approximate surface area is 111 Å². The summed E-state index contributed by atoms with van der Waals surface area (Å²) in [7, 11) is 0. The fourth-order valence-electron chi connectivity index (χ4n) is 1.79. The van der Waals surface area contributed by atoms with Gasteiger partial charge in [-0.3, -0.25) is 4.79 Å². The highest BCUT2D eigenvalue weighted by molar-refractivity contribution is 5.79. The smallest absolute Gasteiger partial charge is 0.225 e. The normalized spacial score (nSPS) is 10.9. The number of amides is 1. The number of halogens is 2. The number of nitrogens with zero attached hydrogens (tertiary/aromatic N) is 1. The topological polar surface area (TPSA) is 52.9 Å². The second kappa shape index (κ2) is 6.28. The highest BCUT2D eigenvalue weighted by Crippen LogP contribution is 2.16. The highest BCUT2D eigenvalue weighted by Gasteiger charge is 2.28. The number of hydrogen-bond acceptors (Lipinski definition) is 2. The van der Waals surface area contributed by atoms with Crippen molar-refractivity contribution in [2.24, 2.45) is 0 Å². The van der Waals surface area contributed by atoms with Crippen molar-refractivity contribution in [1.82, 2.24) is 5.32 Å². The zero-order chi connectivity index (χ0) is 14.5. The molecule has 1 rings (SSSR count). The fraction of sp³-hybridized carbons (Fsp3) is 0.429. The van der Waals surface area contributed by atoms with Crippen molar-refractivity contribution in [1.29, 1.82) is 5.26 Å². The van der Waals surface area contributed by atoms with Crippen molar-refractivity contribution in [2.45, 2.75) is 38.6 Å². The lowest BCUT2D eigenvalue weighted by Crippen LogP contribution is -2.47. The Balaban J connectivity index is 2.84. The Kier molecular flexibility index (Phi) is 4.99. The number of benzene rings is 1. The van der Waals surface area contributed by atoms with E-state index in [-0.39, 0.29) is 5.56 Å². The van der Waals surface area contributed by atoms with Gasteiger partial charge >= 0.3 is 0 Å². The predicted molar refractivity (Wildman–Crippen MR) is 67.1 cm³/mol. The maximum absolute atomic E-state index is 13.4. The second-order valence-corrected chi connectivity index (χ2v) is 4.33. The summed E-state index contributed by atoms with van der Waals surface area (Å²) >= 11 is 0. The molecule has 0 spiro atoms. The Morgan fingerprint density at radius 3 is 2.26 bits per heavy atom. The van der Waals surface area contributed by atoms with E-state index < -0.39 is 29.5 Å². The van der Waals surface area contributed by atoms with Gasteiger partial charge in [-0.25, -0.2) is 8.78 Å². The van der Waals surface area contributed by atoms with Crippen molar-refractivity contribution in [3.8, 4) is 6.07 Å². The minimum absolute atomic E-state index is 0.279. The van der Waals surface area contributed by atoms with Gasteiger partial charge in [-0.2, -0.15) is 5.26 Å². The largest absolute Gasteiger partial charge is 0.338 e. The molecule has 1 aromatic carbocycles. The molecule has 1 N–H and O–H groups in total. The van der Waals surface area contributed by atoms with Gasteiger partial charge in [0.15, 0.2) is 0 Å². The SMILES string of the molecule is CCC(C#N)(CC)NC(=O)Cc1c(F)cccc1F. The van der Waals surface area contributed by atoms with Crippen LogP contribution in [-0.2, 0) is 11.2 Å². The van der Waals surface area contributed by atoms with Crippen LogP contribution in [0, 0.1) is 23.0 Å². The third-order valence-electron chi connectivity index (χ3n) is 3.20. The summed E-state index contributed by atoms with van der Waals surface area (Å²) < 4.78 is 26.8. The van der Waals surface area contributed by atoms with E-state index >= 15 is 0 Å². The molecule has 0 saturated heterocycles. The molecule has 0 unspecified atom stereocenters. The van der Waals surface area contributed by atoms with Gasteiger partial charge in [0.2, 0.25) is 5.91 Å². The van der Waals surface area contributed by atoms with Crippen LogP contribution in [0.15, 0.2) is 18.2 Å². The van der Waals surface area contributed by atoms with E-state index in [9.17, 15) is 13.6 Å². The van der Waals surface area contributed by atoms with E-state index in [4.69, 9.17) is 5.26 Å². The Bertz CT molecular complexity index is 484. The summed E-state index contributed by atoms with van der Waals surface area (Å²) in [5, 5.41) is 11.6. The molecule has 0 heterocycles. The molecule has 102 valence electrons. The van der Waals surface area contributed by atoms with Crippen molar-refractivity contribution < 1.29 is 13.6 Å². The number of nitriles is 1. The van der Waals surface area contributed by atoms with Crippen molar-refractivity contribution in [3.63, 3.8) is 0 Å². The molecular weight excluding hydrogens is 250 g/mol. The Morgan fingerprint density at radius 2 is 1.84 bits per heavy atom. The molecule has 1 aromatic rings. The monoisotopic (exact) mass is 266 g/mol. The molecule has 0 aliphatic rings. The van der Waals surface area contributed by atoms with Crippen LogP contribution >= 0.6 is 0 Å². The first kappa shape index (κ1) is 15.1. The van der Waals surface area contributed by atoms with E-state index in [0.29, 0.717) is 12.8 Å². The molecule has 0 aliphatic heterocycles. The van der Waals surface area contributed by atoms with Gasteiger partial charge in [0, 0.05) is 5.56 Å².